The summed E-state index contributed by atoms with van der Waals surface area (Å²) in [5.74, 6) is -0.986. The average Bonchev–Trinajstić information content (AvgIpc) is 2.27. The lowest BCUT2D eigenvalue weighted by Crippen LogP contribution is -2.20. The number of nitrogen functional groups attached to an aromatic ring is 2. The topological polar surface area (TPSA) is 77.8 Å². The lowest BCUT2D eigenvalue weighted by molar-refractivity contribution is -0.138. The van der Waals surface area contributed by atoms with E-state index in [-0.39, 0.29) is 17.6 Å². The maximum atomic E-state index is 13.0. The smallest absolute Gasteiger partial charge is 0.383 e. The van der Waals surface area contributed by atoms with Crippen molar-refractivity contribution >= 4 is 11.8 Å². The highest BCUT2D eigenvalue weighted by molar-refractivity contribution is 5.48. The number of hydrogen-bond acceptors (Lipinski definition) is 4. The molecule has 1 aromatic rings. The van der Waals surface area contributed by atoms with Crippen LogP contribution in [0, 0.1) is 0 Å². The fourth-order valence-electron chi connectivity index (χ4n) is 2.48. The summed E-state index contributed by atoms with van der Waals surface area (Å²) in [6.45, 7) is 0. The molecule has 0 amide bonds. The summed E-state index contributed by atoms with van der Waals surface area (Å²) in [6.07, 6.45) is -0.284. The van der Waals surface area contributed by atoms with Crippen LogP contribution in [0.3, 0.4) is 0 Å². The molecule has 1 saturated carbocycles. The number of aromatic nitrogens is 2. The van der Waals surface area contributed by atoms with Gasteiger partial charge in [-0.3, -0.25) is 0 Å². The van der Waals surface area contributed by atoms with E-state index in [1.165, 1.54) is 0 Å². The summed E-state index contributed by atoms with van der Waals surface area (Å²) < 4.78 is 39.0. The maximum absolute atomic E-state index is 13.0. The summed E-state index contributed by atoms with van der Waals surface area (Å²) in [5.41, 5.74) is 9.82. The first-order valence-corrected chi connectivity index (χ1v) is 5.89. The van der Waals surface area contributed by atoms with Gasteiger partial charge in [0.1, 0.15) is 11.4 Å². The van der Waals surface area contributed by atoms with Crippen LogP contribution in [0.5, 0.6) is 0 Å². The highest BCUT2D eigenvalue weighted by Gasteiger charge is 2.39. The molecule has 0 radical (unpaired) electrons. The molecule has 0 aromatic carbocycles. The number of halogens is 3. The minimum Gasteiger partial charge on any atom is -0.383 e. The van der Waals surface area contributed by atoms with Gasteiger partial charge in [0.15, 0.2) is 0 Å². The highest BCUT2D eigenvalue weighted by atomic mass is 19.4. The number of rotatable bonds is 1. The fourth-order valence-corrected chi connectivity index (χ4v) is 2.48. The number of nitrogens with two attached hydrogens (primary N) is 2. The van der Waals surface area contributed by atoms with Crippen molar-refractivity contribution in [3.63, 3.8) is 0 Å². The molecule has 0 spiro atoms. The third-order valence-electron chi connectivity index (χ3n) is 3.26. The molecule has 0 bridgehead atoms. The first-order valence-electron chi connectivity index (χ1n) is 5.89. The SMILES string of the molecule is Nc1nc(N)c(C(F)(F)F)c(C2CCCCC2)n1. The van der Waals surface area contributed by atoms with Crippen LogP contribution in [0.25, 0.3) is 0 Å². The van der Waals surface area contributed by atoms with Crippen LogP contribution in [0.1, 0.15) is 49.3 Å². The molecule has 4 nitrogen and oxygen atoms in total. The molecular weight excluding hydrogens is 245 g/mol. The van der Waals surface area contributed by atoms with E-state index in [1.54, 1.807) is 0 Å². The van der Waals surface area contributed by atoms with Crippen LogP contribution in [-0.2, 0) is 6.18 Å². The molecule has 1 heterocycles. The standard InChI is InChI=1S/C11H15F3N4/c12-11(13,14)7-8(6-4-2-1-3-5-6)17-10(16)18-9(7)15/h6H,1-5H2,(H4,15,16,17,18). The van der Waals surface area contributed by atoms with Gasteiger partial charge in [-0.05, 0) is 12.8 Å². The van der Waals surface area contributed by atoms with E-state index < -0.39 is 17.6 Å². The molecule has 0 saturated heterocycles. The van der Waals surface area contributed by atoms with Crippen molar-refractivity contribution in [1.82, 2.24) is 9.97 Å². The van der Waals surface area contributed by atoms with Crippen molar-refractivity contribution in [3.05, 3.63) is 11.3 Å². The monoisotopic (exact) mass is 260 g/mol. The van der Waals surface area contributed by atoms with Gasteiger partial charge >= 0.3 is 6.18 Å². The van der Waals surface area contributed by atoms with Gasteiger partial charge < -0.3 is 11.5 Å². The van der Waals surface area contributed by atoms with Crippen LogP contribution in [0.15, 0.2) is 0 Å². The number of alkyl halides is 3. The van der Waals surface area contributed by atoms with Crippen LogP contribution in [0.2, 0.25) is 0 Å². The molecule has 1 aliphatic rings. The zero-order valence-electron chi connectivity index (χ0n) is 9.80. The zero-order chi connectivity index (χ0) is 13.3. The molecule has 7 heteroatoms. The normalized spacial score (nSPS) is 17.9. The molecule has 2 rings (SSSR count). The van der Waals surface area contributed by atoms with Gasteiger partial charge in [-0.1, -0.05) is 19.3 Å². The minimum absolute atomic E-state index is 0.0350. The molecule has 0 unspecified atom stereocenters. The van der Waals surface area contributed by atoms with Crippen LogP contribution in [-0.4, -0.2) is 9.97 Å². The molecule has 0 aliphatic heterocycles. The Labute approximate surface area is 103 Å². The average molecular weight is 260 g/mol. The Morgan fingerprint density at radius 1 is 1.00 bits per heavy atom. The van der Waals surface area contributed by atoms with Gasteiger partial charge in [0.2, 0.25) is 5.95 Å². The quantitative estimate of drug-likeness (QED) is 0.813. The second-order valence-electron chi connectivity index (χ2n) is 4.56. The first-order chi connectivity index (χ1) is 8.39. The molecule has 1 aliphatic carbocycles. The van der Waals surface area contributed by atoms with E-state index in [9.17, 15) is 13.2 Å². The Hall–Kier alpha value is -1.53. The minimum atomic E-state index is -4.54. The first kappa shape index (κ1) is 12.9. The highest BCUT2D eigenvalue weighted by Crippen LogP contribution is 2.41. The van der Waals surface area contributed by atoms with Crippen LogP contribution >= 0.6 is 0 Å². The van der Waals surface area contributed by atoms with Gasteiger partial charge in [-0.15, -0.1) is 0 Å². The Bertz CT molecular complexity index is 439. The summed E-state index contributed by atoms with van der Waals surface area (Å²) in [7, 11) is 0. The second-order valence-corrected chi connectivity index (χ2v) is 4.56. The van der Waals surface area contributed by atoms with Gasteiger partial charge in [0, 0.05) is 5.92 Å². The van der Waals surface area contributed by atoms with E-state index in [1.807, 2.05) is 0 Å². The summed E-state index contributed by atoms with van der Waals surface area (Å²) >= 11 is 0. The molecular formula is C11H15F3N4. The zero-order valence-corrected chi connectivity index (χ0v) is 9.80. The number of nitrogens with zero attached hydrogens (tertiary/aromatic N) is 2. The Balaban J connectivity index is 2.49. The van der Waals surface area contributed by atoms with Crippen molar-refractivity contribution in [2.45, 2.75) is 44.2 Å². The third-order valence-corrected chi connectivity index (χ3v) is 3.26. The van der Waals surface area contributed by atoms with E-state index in [0.717, 1.165) is 19.3 Å². The van der Waals surface area contributed by atoms with E-state index in [0.29, 0.717) is 12.8 Å². The Morgan fingerprint density at radius 2 is 1.61 bits per heavy atom. The predicted octanol–water partition coefficient (Wildman–Crippen LogP) is 2.71. The van der Waals surface area contributed by atoms with E-state index >= 15 is 0 Å². The van der Waals surface area contributed by atoms with Crippen molar-refractivity contribution in [2.24, 2.45) is 0 Å². The van der Waals surface area contributed by atoms with Gasteiger partial charge in [-0.25, -0.2) is 4.98 Å². The van der Waals surface area contributed by atoms with Crippen LogP contribution in [0.4, 0.5) is 24.9 Å². The number of hydrogen-bond donors (Lipinski definition) is 2. The summed E-state index contributed by atoms with van der Waals surface area (Å²) in [5, 5.41) is 0. The van der Waals surface area contributed by atoms with Gasteiger partial charge in [-0.2, -0.15) is 18.2 Å². The number of anilines is 2. The fraction of sp³-hybridized carbons (Fsp3) is 0.636. The molecule has 1 aromatic heterocycles. The lowest BCUT2D eigenvalue weighted by atomic mass is 9.85. The van der Waals surface area contributed by atoms with E-state index in [4.69, 9.17) is 11.5 Å². The Morgan fingerprint density at radius 3 is 2.17 bits per heavy atom. The lowest BCUT2D eigenvalue weighted by Gasteiger charge is -2.24. The largest absolute Gasteiger partial charge is 0.421 e. The van der Waals surface area contributed by atoms with Crippen molar-refractivity contribution in [2.75, 3.05) is 11.5 Å². The molecule has 18 heavy (non-hydrogen) atoms. The molecule has 1 fully saturated rings. The maximum Gasteiger partial charge on any atom is 0.421 e. The van der Waals surface area contributed by atoms with E-state index in [2.05, 4.69) is 9.97 Å². The molecule has 0 atom stereocenters. The third kappa shape index (κ3) is 2.49. The van der Waals surface area contributed by atoms with Crippen molar-refractivity contribution in [3.8, 4) is 0 Å². The Kier molecular flexibility index (Phi) is 3.32. The van der Waals surface area contributed by atoms with Crippen LogP contribution < -0.4 is 11.5 Å². The summed E-state index contributed by atoms with van der Waals surface area (Å²) in [4.78, 5) is 7.21. The van der Waals surface area contributed by atoms with Crippen molar-refractivity contribution in [1.29, 1.82) is 0 Å². The summed E-state index contributed by atoms with van der Waals surface area (Å²) in [6, 6.07) is 0. The molecule has 4 N–H and O–H groups in total. The second kappa shape index (κ2) is 4.62. The van der Waals surface area contributed by atoms with Crippen molar-refractivity contribution < 1.29 is 13.2 Å². The van der Waals surface area contributed by atoms with Gasteiger partial charge in [0.25, 0.3) is 0 Å². The predicted molar refractivity (Wildman–Crippen MR) is 61.7 cm³/mol. The van der Waals surface area contributed by atoms with Gasteiger partial charge in [0.05, 0.1) is 5.69 Å². The molecule has 100 valence electrons.